The van der Waals surface area contributed by atoms with E-state index >= 15 is 0 Å². The molecule has 0 spiro atoms. The Labute approximate surface area is 160 Å². The molecule has 1 heterocycles. The number of benzene rings is 1. The highest BCUT2D eigenvalue weighted by Crippen LogP contribution is 2.32. The van der Waals surface area contributed by atoms with E-state index in [-0.39, 0.29) is 30.0 Å². The second-order valence-corrected chi connectivity index (χ2v) is 7.47. The first kappa shape index (κ1) is 19.4. The molecular weight excluding hydrogens is 342 g/mol. The number of aromatic nitrogens is 2. The average Bonchev–Trinajstić information content (AvgIpc) is 3.13. The predicted molar refractivity (Wildman–Crippen MR) is 104 cm³/mol. The van der Waals surface area contributed by atoms with Gasteiger partial charge in [-0.25, -0.2) is 0 Å². The molecule has 0 aliphatic heterocycles. The molecule has 3 N–H and O–H groups in total. The zero-order valence-corrected chi connectivity index (χ0v) is 16.5. The van der Waals surface area contributed by atoms with Gasteiger partial charge in [0, 0.05) is 0 Å². The summed E-state index contributed by atoms with van der Waals surface area (Å²) in [6, 6.07) is 8.42. The lowest BCUT2D eigenvalue weighted by Crippen LogP contribution is -2.43. The first-order valence-electron chi connectivity index (χ1n) is 9.65. The second-order valence-electron chi connectivity index (χ2n) is 7.47. The van der Waals surface area contributed by atoms with Gasteiger partial charge in [0.15, 0.2) is 0 Å². The van der Waals surface area contributed by atoms with Crippen LogP contribution in [-0.4, -0.2) is 29.2 Å². The molecule has 3 atom stereocenters. The van der Waals surface area contributed by atoms with Crippen LogP contribution in [0.2, 0.25) is 0 Å². The van der Waals surface area contributed by atoms with Gasteiger partial charge >= 0.3 is 6.01 Å². The summed E-state index contributed by atoms with van der Waals surface area (Å²) in [5, 5.41) is 17.6. The molecule has 1 aliphatic carbocycles. The normalized spacial score (nSPS) is 18.6. The van der Waals surface area contributed by atoms with Gasteiger partial charge in [0.25, 0.3) is 0 Å². The molecule has 0 saturated carbocycles. The summed E-state index contributed by atoms with van der Waals surface area (Å²) >= 11 is 0. The first-order chi connectivity index (χ1) is 13.0. The summed E-state index contributed by atoms with van der Waals surface area (Å²) < 4.78 is 5.87. The summed E-state index contributed by atoms with van der Waals surface area (Å²) in [5.41, 5.74) is 2.66. The lowest BCUT2D eigenvalue weighted by atomic mass is 9.88. The fourth-order valence-electron chi connectivity index (χ4n) is 3.39. The summed E-state index contributed by atoms with van der Waals surface area (Å²) in [6.07, 6.45) is 3.26. The number of anilines is 1. The van der Waals surface area contributed by atoms with Crippen LogP contribution in [0.15, 0.2) is 28.7 Å². The number of likely N-dealkylation sites (N-methyl/N-ethyl adjacent to an activating group) is 1. The number of nitrogens with one attached hydrogen (secondary N) is 3. The number of fused-ring (bicyclic) bond motifs is 1. The number of aryl methyl sites for hydroxylation is 1. The second kappa shape index (κ2) is 8.52. The zero-order valence-electron chi connectivity index (χ0n) is 16.5. The Morgan fingerprint density at radius 1 is 1.22 bits per heavy atom. The van der Waals surface area contributed by atoms with Crippen molar-refractivity contribution in [2.75, 3.05) is 12.4 Å². The van der Waals surface area contributed by atoms with Crippen LogP contribution in [0.3, 0.4) is 0 Å². The van der Waals surface area contributed by atoms with E-state index in [1.807, 2.05) is 20.8 Å². The quantitative estimate of drug-likeness (QED) is 0.693. The van der Waals surface area contributed by atoms with Crippen molar-refractivity contribution >= 4 is 11.9 Å². The highest BCUT2D eigenvalue weighted by Gasteiger charge is 2.27. The molecule has 0 bridgehead atoms. The largest absolute Gasteiger partial charge is 0.406 e. The van der Waals surface area contributed by atoms with Crippen molar-refractivity contribution in [1.82, 2.24) is 20.8 Å². The van der Waals surface area contributed by atoms with Gasteiger partial charge < -0.3 is 20.4 Å². The minimum Gasteiger partial charge on any atom is -0.406 e. The summed E-state index contributed by atoms with van der Waals surface area (Å²) in [5.74, 6) is 0.458. The van der Waals surface area contributed by atoms with Gasteiger partial charge in [-0.2, -0.15) is 0 Å². The minimum atomic E-state index is -0.324. The third-order valence-corrected chi connectivity index (χ3v) is 5.16. The number of amides is 1. The van der Waals surface area contributed by atoms with Gasteiger partial charge in [-0.15, -0.1) is 5.10 Å². The molecule has 2 aromatic rings. The maximum atomic E-state index is 12.2. The van der Waals surface area contributed by atoms with Crippen LogP contribution in [0.25, 0.3) is 0 Å². The van der Waals surface area contributed by atoms with E-state index in [4.69, 9.17) is 4.42 Å². The molecule has 1 aliphatic rings. The molecule has 0 saturated heterocycles. The Kier molecular flexibility index (Phi) is 6.11. The highest BCUT2D eigenvalue weighted by atomic mass is 16.4. The number of hydrogen-bond acceptors (Lipinski definition) is 6. The molecule has 1 amide bonds. The summed E-state index contributed by atoms with van der Waals surface area (Å²) in [7, 11) is 1.76. The van der Waals surface area contributed by atoms with Crippen molar-refractivity contribution in [2.24, 2.45) is 5.92 Å². The molecule has 3 unspecified atom stereocenters. The van der Waals surface area contributed by atoms with Crippen molar-refractivity contribution in [2.45, 2.75) is 58.2 Å². The maximum Gasteiger partial charge on any atom is 0.316 e. The number of hydrogen-bond donors (Lipinski definition) is 3. The van der Waals surface area contributed by atoms with E-state index in [0.29, 0.717) is 11.9 Å². The van der Waals surface area contributed by atoms with E-state index in [9.17, 15) is 4.79 Å². The highest BCUT2D eigenvalue weighted by molar-refractivity contribution is 5.81. The maximum absolute atomic E-state index is 12.2. The predicted octanol–water partition coefficient (Wildman–Crippen LogP) is 2.98. The van der Waals surface area contributed by atoms with Crippen molar-refractivity contribution in [3.05, 3.63) is 41.3 Å². The van der Waals surface area contributed by atoms with Crippen LogP contribution in [-0.2, 0) is 11.2 Å². The van der Waals surface area contributed by atoms with E-state index in [1.165, 1.54) is 11.1 Å². The Balaban J connectivity index is 1.73. The molecule has 146 valence electrons. The minimum absolute atomic E-state index is 0.0925. The van der Waals surface area contributed by atoms with Crippen molar-refractivity contribution in [3.8, 4) is 0 Å². The average molecular weight is 371 g/mol. The number of carbonyl (C=O) groups excluding carboxylic acids is 1. The summed E-state index contributed by atoms with van der Waals surface area (Å²) in [4.78, 5) is 12.2. The van der Waals surface area contributed by atoms with Crippen LogP contribution in [0.5, 0.6) is 0 Å². The van der Waals surface area contributed by atoms with E-state index in [1.54, 1.807) is 7.05 Å². The lowest BCUT2D eigenvalue weighted by molar-refractivity contribution is -0.123. The van der Waals surface area contributed by atoms with Gasteiger partial charge in [-0.05, 0) is 50.3 Å². The molecular formula is C20H29N5O2. The fourth-order valence-corrected chi connectivity index (χ4v) is 3.39. The Bertz CT molecular complexity index is 773. The molecule has 1 aromatic carbocycles. The molecule has 27 heavy (non-hydrogen) atoms. The molecule has 0 fully saturated rings. The topological polar surface area (TPSA) is 92.1 Å². The third kappa shape index (κ3) is 4.47. The summed E-state index contributed by atoms with van der Waals surface area (Å²) in [6.45, 7) is 5.85. The van der Waals surface area contributed by atoms with Gasteiger partial charge in [0.2, 0.25) is 11.8 Å². The van der Waals surface area contributed by atoms with E-state index in [2.05, 4.69) is 50.4 Å². The smallest absolute Gasteiger partial charge is 0.316 e. The SMILES string of the molecule is CNC(C)C(=O)NC(c1nnc(NC2CCCc3ccccc32)o1)C(C)C. The van der Waals surface area contributed by atoms with Crippen molar-refractivity contribution in [3.63, 3.8) is 0 Å². The van der Waals surface area contributed by atoms with Gasteiger partial charge in [-0.1, -0.05) is 43.2 Å². The monoisotopic (exact) mass is 371 g/mol. The van der Waals surface area contributed by atoms with Crippen LogP contribution in [0, 0.1) is 5.92 Å². The molecule has 7 heteroatoms. The van der Waals surface area contributed by atoms with Gasteiger partial charge in [0.1, 0.15) is 6.04 Å². The molecule has 7 nitrogen and oxygen atoms in total. The van der Waals surface area contributed by atoms with Crippen molar-refractivity contribution < 1.29 is 9.21 Å². The van der Waals surface area contributed by atoms with Crippen LogP contribution < -0.4 is 16.0 Å². The first-order valence-corrected chi connectivity index (χ1v) is 9.65. The Morgan fingerprint density at radius 2 is 2.00 bits per heavy atom. The van der Waals surface area contributed by atoms with Crippen LogP contribution in [0.4, 0.5) is 6.01 Å². The standard InChI is InChI=1S/C20H29N5O2/c1-12(2)17(23-18(26)13(3)21-4)19-24-25-20(27-19)22-16-11-7-9-14-8-5-6-10-15(14)16/h5-6,8,10,12-13,16-17,21H,7,9,11H2,1-4H3,(H,22,25)(H,23,26). The van der Waals surface area contributed by atoms with E-state index in [0.717, 1.165) is 19.3 Å². The third-order valence-electron chi connectivity index (χ3n) is 5.16. The number of carbonyl (C=O) groups is 1. The van der Waals surface area contributed by atoms with Gasteiger partial charge in [-0.3, -0.25) is 4.79 Å². The molecule has 3 rings (SSSR count). The Hall–Kier alpha value is -2.41. The lowest BCUT2D eigenvalue weighted by Gasteiger charge is -2.25. The van der Waals surface area contributed by atoms with Gasteiger partial charge in [0.05, 0.1) is 12.1 Å². The molecule has 1 aromatic heterocycles. The fraction of sp³-hybridized carbons (Fsp3) is 0.550. The zero-order chi connectivity index (χ0) is 19.4. The number of nitrogens with zero attached hydrogens (tertiary/aromatic N) is 2. The Morgan fingerprint density at radius 3 is 2.74 bits per heavy atom. The molecule has 0 radical (unpaired) electrons. The van der Waals surface area contributed by atoms with Crippen LogP contribution in [0.1, 0.15) is 62.7 Å². The number of rotatable bonds is 7. The van der Waals surface area contributed by atoms with Crippen molar-refractivity contribution in [1.29, 1.82) is 0 Å². The van der Waals surface area contributed by atoms with E-state index < -0.39 is 0 Å². The van der Waals surface area contributed by atoms with Crippen LogP contribution >= 0.6 is 0 Å².